The molecule has 4 aliphatic rings. The van der Waals surface area contributed by atoms with Gasteiger partial charge >= 0.3 is 6.03 Å². The Hall–Kier alpha value is -3.00. The van der Waals surface area contributed by atoms with E-state index in [1.54, 1.807) is 23.7 Å². The largest absolute Gasteiger partial charge is 0.342 e. The first kappa shape index (κ1) is 22.5. The molecule has 1 N–H and O–H groups in total. The lowest BCUT2D eigenvalue weighted by molar-refractivity contribution is -0.139. The highest BCUT2D eigenvalue weighted by molar-refractivity contribution is 7.09. The van der Waals surface area contributed by atoms with Crippen molar-refractivity contribution >= 4 is 29.2 Å². The number of allylic oxidation sites excluding steroid dienone is 2. The Balaban J connectivity index is 1.21. The van der Waals surface area contributed by atoms with E-state index in [1.165, 1.54) is 4.90 Å². The number of hydrogen-bond acceptors (Lipinski definition) is 5. The number of carbonyl (C=O) groups is 3. The Morgan fingerprint density at radius 3 is 2.66 bits per heavy atom. The summed E-state index contributed by atoms with van der Waals surface area (Å²) in [6.45, 7) is 1.57. The monoisotopic (exact) mass is 490 g/mol. The van der Waals surface area contributed by atoms with Crippen LogP contribution in [0.15, 0.2) is 54.2 Å². The number of imide groups is 1. The van der Waals surface area contributed by atoms with Crippen molar-refractivity contribution < 1.29 is 14.4 Å². The Kier molecular flexibility index (Phi) is 5.71. The first-order chi connectivity index (χ1) is 17.1. The molecule has 8 heteroatoms. The highest BCUT2D eigenvalue weighted by Gasteiger charge is 2.57. The van der Waals surface area contributed by atoms with Gasteiger partial charge in [-0.3, -0.25) is 19.5 Å². The van der Waals surface area contributed by atoms with Crippen LogP contribution in [0, 0.1) is 23.7 Å². The number of urea groups is 1. The predicted octanol–water partition coefficient (Wildman–Crippen LogP) is 3.58. The van der Waals surface area contributed by atoms with E-state index in [0.29, 0.717) is 50.7 Å². The van der Waals surface area contributed by atoms with E-state index in [-0.39, 0.29) is 29.7 Å². The fraction of sp³-hybridized carbons (Fsp3) is 0.481. The number of carbonyl (C=O) groups excluding carboxylic acids is 3. The van der Waals surface area contributed by atoms with Gasteiger partial charge in [-0.25, -0.2) is 4.79 Å². The van der Waals surface area contributed by atoms with E-state index in [0.717, 1.165) is 23.3 Å². The fourth-order valence-corrected chi connectivity index (χ4v) is 7.31. The molecule has 7 nitrogen and oxygen atoms in total. The quantitative estimate of drug-likeness (QED) is 0.496. The van der Waals surface area contributed by atoms with Gasteiger partial charge < -0.3 is 10.2 Å². The van der Waals surface area contributed by atoms with Crippen molar-refractivity contribution in [1.82, 2.24) is 20.1 Å². The summed E-state index contributed by atoms with van der Waals surface area (Å²) in [6, 6.07) is 7.35. The number of hydrogen-bond donors (Lipinski definition) is 1. The standard InChI is InChI=1S/C27H30N4O3S/c32-24(23-16-18-5-6-19(23)15-18)30-11-7-20(8-12-30)27(21-3-1-10-28-17-21)25(33)31(26(34)29-27)13-9-22-4-2-14-35-22/h1-6,10,14,17-20,23H,7-9,11-13,15-16H2,(H,29,34)/t18-,19+,23-,27-/m1/s1. The van der Waals surface area contributed by atoms with Gasteiger partial charge in [0.15, 0.2) is 5.54 Å². The van der Waals surface area contributed by atoms with Crippen molar-refractivity contribution in [3.05, 3.63) is 64.6 Å². The zero-order valence-electron chi connectivity index (χ0n) is 19.6. The minimum atomic E-state index is -1.13. The van der Waals surface area contributed by atoms with Crippen LogP contribution >= 0.6 is 11.3 Å². The second-order valence-corrected chi connectivity index (χ2v) is 11.3. The average molecular weight is 491 g/mol. The Labute approximate surface area is 209 Å². The van der Waals surface area contributed by atoms with Gasteiger partial charge in [-0.15, -0.1) is 11.3 Å². The van der Waals surface area contributed by atoms with Crippen LogP contribution in [0.1, 0.15) is 36.1 Å². The third kappa shape index (κ3) is 3.78. The second-order valence-electron chi connectivity index (χ2n) is 10.3. The van der Waals surface area contributed by atoms with E-state index >= 15 is 0 Å². The number of likely N-dealkylation sites (tertiary alicyclic amines) is 1. The first-order valence-corrected chi connectivity index (χ1v) is 13.5. The maximum Gasteiger partial charge on any atom is 0.325 e. The molecule has 4 atom stereocenters. The second kappa shape index (κ2) is 8.90. The number of pyridine rings is 1. The van der Waals surface area contributed by atoms with Gasteiger partial charge in [0.05, 0.1) is 0 Å². The fourth-order valence-electron chi connectivity index (χ4n) is 6.61. The first-order valence-electron chi connectivity index (χ1n) is 12.6. The van der Waals surface area contributed by atoms with Crippen molar-refractivity contribution in [3.8, 4) is 0 Å². The van der Waals surface area contributed by atoms with Gasteiger partial charge in [0.2, 0.25) is 5.91 Å². The molecule has 2 bridgehead atoms. The minimum absolute atomic E-state index is 0.0983. The molecule has 0 radical (unpaired) electrons. The van der Waals surface area contributed by atoms with E-state index in [1.807, 2.05) is 34.5 Å². The molecule has 2 aliphatic carbocycles. The molecule has 2 aromatic heterocycles. The Morgan fingerprint density at radius 2 is 2.00 bits per heavy atom. The van der Waals surface area contributed by atoms with Crippen LogP contribution in [0.25, 0.3) is 0 Å². The zero-order valence-corrected chi connectivity index (χ0v) is 20.5. The van der Waals surface area contributed by atoms with Gasteiger partial charge in [0.25, 0.3) is 5.91 Å². The number of piperidine rings is 1. The smallest absolute Gasteiger partial charge is 0.325 e. The van der Waals surface area contributed by atoms with Crippen LogP contribution in [0.3, 0.4) is 0 Å². The van der Waals surface area contributed by atoms with Crippen molar-refractivity contribution in [1.29, 1.82) is 0 Å². The summed E-state index contributed by atoms with van der Waals surface area (Å²) in [4.78, 5) is 49.1. The van der Waals surface area contributed by atoms with E-state index in [9.17, 15) is 14.4 Å². The molecule has 1 saturated carbocycles. The average Bonchev–Trinajstić information content (AvgIpc) is 3.69. The molecule has 0 spiro atoms. The number of fused-ring (bicyclic) bond motifs is 2. The number of nitrogens with zero attached hydrogens (tertiary/aromatic N) is 3. The molecule has 0 unspecified atom stereocenters. The van der Waals surface area contributed by atoms with Gasteiger partial charge in [-0.05, 0) is 67.4 Å². The minimum Gasteiger partial charge on any atom is -0.342 e. The summed E-state index contributed by atoms with van der Waals surface area (Å²) in [7, 11) is 0. The maximum atomic E-state index is 13.9. The third-order valence-corrected chi connectivity index (χ3v) is 9.36. The normalized spacial score (nSPS) is 30.3. The van der Waals surface area contributed by atoms with Crippen LogP contribution in [0.4, 0.5) is 4.79 Å². The molecule has 3 fully saturated rings. The molecule has 4 heterocycles. The van der Waals surface area contributed by atoms with Crippen molar-refractivity contribution in [2.75, 3.05) is 19.6 Å². The highest BCUT2D eigenvalue weighted by Crippen LogP contribution is 2.45. The van der Waals surface area contributed by atoms with E-state index in [2.05, 4.69) is 22.5 Å². The van der Waals surface area contributed by atoms with Gasteiger partial charge in [0.1, 0.15) is 0 Å². The molecule has 182 valence electrons. The molecule has 0 aromatic carbocycles. The lowest BCUT2D eigenvalue weighted by Gasteiger charge is -2.41. The molecule has 2 saturated heterocycles. The summed E-state index contributed by atoms with van der Waals surface area (Å²) in [5.41, 5.74) is -0.412. The van der Waals surface area contributed by atoms with Crippen molar-refractivity contribution in [3.63, 3.8) is 0 Å². The van der Waals surface area contributed by atoms with Crippen LogP contribution in [0.5, 0.6) is 0 Å². The van der Waals surface area contributed by atoms with Crippen LogP contribution < -0.4 is 5.32 Å². The number of rotatable bonds is 6. The number of aromatic nitrogens is 1. The van der Waals surface area contributed by atoms with Crippen LogP contribution in [0.2, 0.25) is 0 Å². The Morgan fingerprint density at radius 1 is 1.14 bits per heavy atom. The lowest BCUT2D eigenvalue weighted by atomic mass is 9.73. The van der Waals surface area contributed by atoms with E-state index < -0.39 is 5.54 Å². The number of nitrogens with one attached hydrogen (secondary N) is 1. The lowest BCUT2D eigenvalue weighted by Crippen LogP contribution is -2.54. The molecule has 35 heavy (non-hydrogen) atoms. The van der Waals surface area contributed by atoms with Crippen LogP contribution in [-0.4, -0.2) is 52.3 Å². The van der Waals surface area contributed by atoms with Gasteiger partial charge in [-0.2, -0.15) is 0 Å². The summed E-state index contributed by atoms with van der Waals surface area (Å²) in [5, 5.41) is 5.10. The van der Waals surface area contributed by atoms with Gasteiger partial charge in [-0.1, -0.05) is 24.3 Å². The summed E-state index contributed by atoms with van der Waals surface area (Å²) in [5.74, 6) is 1.02. The summed E-state index contributed by atoms with van der Waals surface area (Å²) in [6.07, 6.45) is 11.9. The molecule has 6 rings (SSSR count). The van der Waals surface area contributed by atoms with Crippen LogP contribution in [-0.2, 0) is 21.5 Å². The van der Waals surface area contributed by atoms with E-state index in [4.69, 9.17) is 0 Å². The molecular formula is C27H30N4O3S. The number of thiophene rings is 1. The van der Waals surface area contributed by atoms with Gasteiger partial charge in [0, 0.05) is 48.4 Å². The zero-order chi connectivity index (χ0) is 24.0. The molecule has 2 aliphatic heterocycles. The van der Waals surface area contributed by atoms with Crippen molar-refractivity contribution in [2.45, 2.75) is 37.6 Å². The molecular weight excluding hydrogens is 460 g/mol. The highest BCUT2D eigenvalue weighted by atomic mass is 32.1. The summed E-state index contributed by atoms with van der Waals surface area (Å²) < 4.78 is 0. The SMILES string of the molecule is O=C([C@@H]1C[C@@H]2C=C[C@H]1C2)N1CCC([C@]2(c3cccnc3)NC(=O)N(CCc3cccs3)C2=O)CC1. The Bertz CT molecular complexity index is 1140. The summed E-state index contributed by atoms with van der Waals surface area (Å²) >= 11 is 1.63. The topological polar surface area (TPSA) is 82.6 Å². The third-order valence-electron chi connectivity index (χ3n) is 8.43. The number of amides is 4. The molecule has 4 amide bonds. The maximum absolute atomic E-state index is 13.9. The van der Waals surface area contributed by atoms with Crippen molar-refractivity contribution in [2.24, 2.45) is 23.7 Å². The molecule has 2 aromatic rings. The predicted molar refractivity (Wildman–Crippen MR) is 132 cm³/mol.